The van der Waals surface area contributed by atoms with Gasteiger partial charge in [-0.15, -0.1) is 11.3 Å². The number of aryl methyl sites for hydroxylation is 1. The number of thiazole rings is 1. The van der Waals surface area contributed by atoms with Crippen molar-refractivity contribution < 1.29 is 0 Å². The molecule has 0 aliphatic rings. The third-order valence-electron chi connectivity index (χ3n) is 2.06. The van der Waals surface area contributed by atoms with E-state index in [1.165, 1.54) is 11.3 Å². The van der Waals surface area contributed by atoms with Crippen molar-refractivity contribution in [1.29, 1.82) is 0 Å². The van der Waals surface area contributed by atoms with Crippen molar-refractivity contribution in [3.63, 3.8) is 0 Å². The molecule has 3 heteroatoms. The van der Waals surface area contributed by atoms with E-state index < -0.39 is 0 Å². The van der Waals surface area contributed by atoms with Crippen LogP contribution in [0.2, 0.25) is 0 Å². The second-order valence-corrected chi connectivity index (χ2v) is 5.13. The van der Waals surface area contributed by atoms with E-state index in [1.807, 2.05) is 13.1 Å². The average molecular weight is 198 g/mol. The maximum absolute atomic E-state index is 6.03. The molecule has 0 amide bonds. The zero-order valence-electron chi connectivity index (χ0n) is 8.58. The first-order valence-electron chi connectivity index (χ1n) is 4.77. The lowest BCUT2D eigenvalue weighted by molar-refractivity contribution is 0.510. The molecule has 0 aliphatic heterocycles. The zero-order chi connectivity index (χ0) is 9.84. The van der Waals surface area contributed by atoms with Crippen molar-refractivity contribution in [1.82, 2.24) is 4.98 Å². The monoisotopic (exact) mass is 198 g/mol. The second-order valence-electron chi connectivity index (χ2n) is 3.86. The van der Waals surface area contributed by atoms with Crippen LogP contribution in [0.15, 0.2) is 6.20 Å². The van der Waals surface area contributed by atoms with Gasteiger partial charge in [-0.2, -0.15) is 0 Å². The van der Waals surface area contributed by atoms with E-state index in [4.69, 9.17) is 5.73 Å². The molecule has 0 bridgehead atoms. The number of hydrogen-bond donors (Lipinski definition) is 1. The number of aromatic nitrogens is 1. The van der Waals surface area contributed by atoms with Gasteiger partial charge in [-0.1, -0.05) is 13.8 Å². The molecule has 1 aromatic rings. The highest BCUT2D eigenvalue weighted by Gasteiger charge is 2.09. The van der Waals surface area contributed by atoms with Gasteiger partial charge in [0.15, 0.2) is 0 Å². The van der Waals surface area contributed by atoms with Gasteiger partial charge >= 0.3 is 0 Å². The number of nitrogens with zero attached hydrogens (tertiary/aromatic N) is 1. The lowest BCUT2D eigenvalue weighted by Crippen LogP contribution is -2.09. The largest absolute Gasteiger partial charge is 0.323 e. The summed E-state index contributed by atoms with van der Waals surface area (Å²) in [5.41, 5.74) is 6.03. The Kier molecular flexibility index (Phi) is 3.88. The molecule has 1 atom stereocenters. The van der Waals surface area contributed by atoms with E-state index in [1.54, 1.807) is 11.3 Å². The molecule has 1 rings (SSSR count). The first kappa shape index (κ1) is 10.7. The summed E-state index contributed by atoms with van der Waals surface area (Å²) < 4.78 is 0. The Hall–Kier alpha value is -0.410. The van der Waals surface area contributed by atoms with Gasteiger partial charge in [0.05, 0.1) is 5.01 Å². The topological polar surface area (TPSA) is 38.9 Å². The molecule has 0 saturated heterocycles. The smallest absolute Gasteiger partial charge is 0.0897 e. The standard InChI is InChI=1S/C10H18N2S/c1-7(2)4-5-9(11)10-6-12-8(3)13-10/h6-7,9H,4-5,11H2,1-3H3. The third kappa shape index (κ3) is 3.44. The molecule has 0 radical (unpaired) electrons. The van der Waals surface area contributed by atoms with Gasteiger partial charge in [-0.25, -0.2) is 4.98 Å². The van der Waals surface area contributed by atoms with E-state index >= 15 is 0 Å². The van der Waals surface area contributed by atoms with E-state index in [0.717, 1.165) is 17.3 Å². The molecular weight excluding hydrogens is 180 g/mol. The van der Waals surface area contributed by atoms with Crippen molar-refractivity contribution in [3.05, 3.63) is 16.1 Å². The van der Waals surface area contributed by atoms with Crippen LogP contribution in [-0.2, 0) is 0 Å². The van der Waals surface area contributed by atoms with Gasteiger partial charge in [0.25, 0.3) is 0 Å². The number of hydrogen-bond acceptors (Lipinski definition) is 3. The molecule has 0 fully saturated rings. The van der Waals surface area contributed by atoms with Crippen LogP contribution in [0.25, 0.3) is 0 Å². The van der Waals surface area contributed by atoms with Gasteiger partial charge in [0.1, 0.15) is 0 Å². The predicted molar refractivity (Wildman–Crippen MR) is 57.9 cm³/mol. The van der Waals surface area contributed by atoms with E-state index in [-0.39, 0.29) is 6.04 Å². The number of rotatable bonds is 4. The van der Waals surface area contributed by atoms with Crippen LogP contribution in [0.1, 0.15) is 42.6 Å². The van der Waals surface area contributed by atoms with Crippen LogP contribution >= 0.6 is 11.3 Å². The fraction of sp³-hybridized carbons (Fsp3) is 0.700. The summed E-state index contributed by atoms with van der Waals surface area (Å²) >= 11 is 1.71. The maximum Gasteiger partial charge on any atom is 0.0897 e. The van der Waals surface area contributed by atoms with Crippen LogP contribution in [0.4, 0.5) is 0 Å². The van der Waals surface area contributed by atoms with Crippen molar-refractivity contribution in [3.8, 4) is 0 Å². The highest BCUT2D eigenvalue weighted by molar-refractivity contribution is 7.11. The van der Waals surface area contributed by atoms with Crippen LogP contribution in [-0.4, -0.2) is 4.98 Å². The Morgan fingerprint density at radius 2 is 2.15 bits per heavy atom. The molecule has 0 spiro atoms. The van der Waals surface area contributed by atoms with Crippen LogP contribution in [0, 0.1) is 12.8 Å². The summed E-state index contributed by atoms with van der Waals surface area (Å²) in [7, 11) is 0. The molecule has 0 aromatic carbocycles. The SMILES string of the molecule is Cc1ncc(C(N)CCC(C)C)s1. The first-order chi connectivity index (χ1) is 6.09. The molecule has 74 valence electrons. The normalized spacial score (nSPS) is 13.6. The lowest BCUT2D eigenvalue weighted by Gasteiger charge is -2.10. The zero-order valence-corrected chi connectivity index (χ0v) is 9.40. The molecule has 2 N–H and O–H groups in total. The van der Waals surface area contributed by atoms with Gasteiger partial charge in [0.2, 0.25) is 0 Å². The lowest BCUT2D eigenvalue weighted by atomic mass is 10.0. The van der Waals surface area contributed by atoms with E-state index in [0.29, 0.717) is 0 Å². The molecule has 0 saturated carbocycles. The van der Waals surface area contributed by atoms with E-state index in [2.05, 4.69) is 18.8 Å². The fourth-order valence-electron chi connectivity index (χ4n) is 1.20. The number of nitrogens with two attached hydrogens (primary N) is 1. The van der Waals surface area contributed by atoms with Gasteiger partial charge in [-0.3, -0.25) is 0 Å². The molecule has 2 nitrogen and oxygen atoms in total. The second kappa shape index (κ2) is 4.72. The Morgan fingerprint density at radius 1 is 1.46 bits per heavy atom. The Balaban J connectivity index is 2.44. The van der Waals surface area contributed by atoms with Gasteiger partial charge in [-0.05, 0) is 25.7 Å². The molecular formula is C10H18N2S. The summed E-state index contributed by atoms with van der Waals surface area (Å²) in [6, 6.07) is 0.189. The fourth-order valence-corrected chi connectivity index (χ4v) is 2.03. The Morgan fingerprint density at radius 3 is 2.62 bits per heavy atom. The van der Waals surface area contributed by atoms with Crippen molar-refractivity contribution in [2.75, 3.05) is 0 Å². The van der Waals surface area contributed by atoms with Crippen molar-refractivity contribution in [2.45, 2.75) is 39.7 Å². The summed E-state index contributed by atoms with van der Waals surface area (Å²) in [6.07, 6.45) is 4.17. The predicted octanol–water partition coefficient (Wildman–Crippen LogP) is 2.89. The summed E-state index contributed by atoms with van der Waals surface area (Å²) in [6.45, 7) is 6.47. The Bertz CT molecular complexity index is 255. The van der Waals surface area contributed by atoms with Crippen LogP contribution < -0.4 is 5.73 Å². The minimum atomic E-state index is 0.189. The third-order valence-corrected chi connectivity index (χ3v) is 3.10. The summed E-state index contributed by atoms with van der Waals surface area (Å²) in [4.78, 5) is 5.42. The first-order valence-corrected chi connectivity index (χ1v) is 5.59. The average Bonchev–Trinajstić information content (AvgIpc) is 2.47. The summed E-state index contributed by atoms with van der Waals surface area (Å²) in [5, 5.41) is 1.11. The van der Waals surface area contributed by atoms with Gasteiger partial charge in [0, 0.05) is 17.1 Å². The molecule has 1 unspecified atom stereocenters. The van der Waals surface area contributed by atoms with Crippen molar-refractivity contribution >= 4 is 11.3 Å². The van der Waals surface area contributed by atoms with Crippen molar-refractivity contribution in [2.24, 2.45) is 11.7 Å². The van der Waals surface area contributed by atoms with Crippen LogP contribution in [0.3, 0.4) is 0 Å². The molecule has 1 heterocycles. The van der Waals surface area contributed by atoms with Crippen LogP contribution in [0.5, 0.6) is 0 Å². The molecule has 0 aliphatic carbocycles. The quantitative estimate of drug-likeness (QED) is 0.808. The minimum Gasteiger partial charge on any atom is -0.323 e. The van der Waals surface area contributed by atoms with Gasteiger partial charge < -0.3 is 5.73 Å². The highest BCUT2D eigenvalue weighted by atomic mass is 32.1. The highest BCUT2D eigenvalue weighted by Crippen LogP contribution is 2.23. The minimum absolute atomic E-state index is 0.189. The summed E-state index contributed by atoms with van der Waals surface area (Å²) in [5.74, 6) is 0.736. The molecule has 1 aromatic heterocycles. The Labute approximate surface area is 84.2 Å². The maximum atomic E-state index is 6.03. The van der Waals surface area contributed by atoms with E-state index in [9.17, 15) is 0 Å². The molecule has 13 heavy (non-hydrogen) atoms.